The van der Waals surface area contributed by atoms with Crippen LogP contribution in [0.3, 0.4) is 0 Å². The first-order chi connectivity index (χ1) is 11.4. The Kier molecular flexibility index (Phi) is 5.94. The third-order valence-corrected chi connectivity index (χ3v) is 4.78. The average molecular weight is 397 g/mol. The van der Waals surface area contributed by atoms with E-state index in [0.29, 0.717) is 17.3 Å². The zero-order valence-corrected chi connectivity index (χ0v) is 14.9. The van der Waals surface area contributed by atoms with E-state index in [9.17, 15) is 19.2 Å². The van der Waals surface area contributed by atoms with Crippen molar-refractivity contribution in [2.75, 3.05) is 0 Å². The molecule has 2 rings (SSSR count). The highest BCUT2D eigenvalue weighted by Crippen LogP contribution is 2.27. The largest absolute Gasteiger partial charge is 0.449 e. The number of esters is 1. The van der Waals surface area contributed by atoms with Gasteiger partial charge in [0.1, 0.15) is 11.4 Å². The molecule has 1 fully saturated rings. The molecule has 1 saturated carbocycles. The van der Waals surface area contributed by atoms with Gasteiger partial charge >= 0.3 is 5.97 Å². The van der Waals surface area contributed by atoms with Gasteiger partial charge in [0.15, 0.2) is 6.10 Å². The zero-order chi connectivity index (χ0) is 17.7. The Labute approximate surface area is 148 Å². The summed E-state index contributed by atoms with van der Waals surface area (Å²) in [5, 5.41) is 12.1. The zero-order valence-electron chi connectivity index (χ0n) is 13.3. The lowest BCUT2D eigenvalue weighted by atomic mass is 9.83. The summed E-state index contributed by atoms with van der Waals surface area (Å²) >= 11 is 3.15. The van der Waals surface area contributed by atoms with Crippen LogP contribution in [-0.2, 0) is 9.53 Å². The van der Waals surface area contributed by atoms with Crippen molar-refractivity contribution >= 4 is 27.8 Å². The van der Waals surface area contributed by atoms with Gasteiger partial charge in [0.25, 0.3) is 5.91 Å². The van der Waals surface area contributed by atoms with Crippen LogP contribution in [0.25, 0.3) is 0 Å². The van der Waals surface area contributed by atoms with Crippen molar-refractivity contribution in [2.45, 2.75) is 50.7 Å². The topological polar surface area (TPSA) is 79.2 Å². The summed E-state index contributed by atoms with van der Waals surface area (Å²) in [6.07, 6.45) is 2.88. The van der Waals surface area contributed by atoms with E-state index < -0.39 is 29.3 Å². The number of amides is 1. The van der Waals surface area contributed by atoms with Crippen molar-refractivity contribution in [3.8, 4) is 6.07 Å². The van der Waals surface area contributed by atoms with Crippen molar-refractivity contribution in [1.82, 2.24) is 5.32 Å². The maximum Gasteiger partial charge on any atom is 0.340 e. The standard InChI is InChI=1S/C17H18BrFN2O3/c1-11(15(22)21-17(10-20)7-3-2-4-8-17)24-16(23)13-9-12(19)5-6-14(13)18/h5-6,9,11H,2-4,7-8H2,1H3,(H,21,22)/t11-/m1/s1. The number of nitrogens with zero attached hydrogens (tertiary/aromatic N) is 1. The minimum Gasteiger partial charge on any atom is -0.449 e. The summed E-state index contributed by atoms with van der Waals surface area (Å²) in [6, 6.07) is 5.81. The Hall–Kier alpha value is -1.94. The van der Waals surface area contributed by atoms with Gasteiger partial charge in [-0.05, 0) is 53.9 Å². The molecule has 0 heterocycles. The Balaban J connectivity index is 2.02. The monoisotopic (exact) mass is 396 g/mol. The van der Waals surface area contributed by atoms with Gasteiger partial charge in [-0.1, -0.05) is 19.3 Å². The van der Waals surface area contributed by atoms with Crippen LogP contribution in [0.4, 0.5) is 4.39 Å². The van der Waals surface area contributed by atoms with Crippen molar-refractivity contribution in [3.63, 3.8) is 0 Å². The van der Waals surface area contributed by atoms with Crippen molar-refractivity contribution in [2.24, 2.45) is 0 Å². The van der Waals surface area contributed by atoms with E-state index in [4.69, 9.17) is 4.74 Å². The predicted molar refractivity (Wildman–Crippen MR) is 88.5 cm³/mol. The van der Waals surface area contributed by atoms with Crippen molar-refractivity contribution < 1.29 is 18.7 Å². The quantitative estimate of drug-likeness (QED) is 0.790. The number of nitriles is 1. The lowest BCUT2D eigenvalue weighted by Gasteiger charge is -2.32. The fraction of sp³-hybridized carbons (Fsp3) is 0.471. The number of ether oxygens (including phenoxy) is 1. The fourth-order valence-corrected chi connectivity index (χ4v) is 3.10. The molecule has 1 aromatic carbocycles. The number of carbonyl (C=O) groups is 2. The first-order valence-electron chi connectivity index (χ1n) is 7.76. The van der Waals surface area contributed by atoms with E-state index in [1.54, 1.807) is 0 Å². The molecule has 1 atom stereocenters. The number of hydrogen-bond donors (Lipinski definition) is 1. The minimum absolute atomic E-state index is 0.00214. The lowest BCUT2D eigenvalue weighted by Crippen LogP contribution is -2.52. The van der Waals surface area contributed by atoms with Crippen molar-refractivity contribution in [3.05, 3.63) is 34.1 Å². The summed E-state index contributed by atoms with van der Waals surface area (Å²) in [7, 11) is 0. The molecule has 0 saturated heterocycles. The van der Waals surface area contributed by atoms with Crippen LogP contribution in [-0.4, -0.2) is 23.5 Å². The molecule has 0 aliphatic heterocycles. The van der Waals surface area contributed by atoms with Gasteiger partial charge in [0.2, 0.25) is 0 Å². The summed E-state index contributed by atoms with van der Waals surface area (Å²) in [4.78, 5) is 24.4. The predicted octanol–water partition coefficient (Wildman–Crippen LogP) is 3.48. The van der Waals surface area contributed by atoms with Crippen LogP contribution < -0.4 is 5.32 Å². The lowest BCUT2D eigenvalue weighted by molar-refractivity contribution is -0.130. The molecule has 1 aliphatic rings. The summed E-state index contributed by atoms with van der Waals surface area (Å²) in [5.41, 5.74) is -0.891. The molecule has 128 valence electrons. The van der Waals surface area contributed by atoms with E-state index >= 15 is 0 Å². The van der Waals surface area contributed by atoms with Gasteiger partial charge in [-0.15, -0.1) is 0 Å². The molecule has 24 heavy (non-hydrogen) atoms. The Bertz CT molecular complexity index is 681. The molecule has 0 bridgehead atoms. The fourth-order valence-electron chi connectivity index (χ4n) is 2.69. The number of rotatable bonds is 4. The molecule has 0 unspecified atom stereocenters. The van der Waals surface area contributed by atoms with Crippen LogP contribution in [0, 0.1) is 17.1 Å². The molecule has 1 N–H and O–H groups in total. The molecule has 0 radical (unpaired) electrons. The van der Waals surface area contributed by atoms with Crippen molar-refractivity contribution in [1.29, 1.82) is 5.26 Å². The maximum absolute atomic E-state index is 13.3. The second-order valence-electron chi connectivity index (χ2n) is 5.92. The van der Waals surface area contributed by atoms with E-state index in [-0.39, 0.29) is 5.56 Å². The first-order valence-corrected chi connectivity index (χ1v) is 8.55. The van der Waals surface area contributed by atoms with E-state index in [1.165, 1.54) is 19.1 Å². The highest BCUT2D eigenvalue weighted by molar-refractivity contribution is 9.10. The number of carbonyl (C=O) groups excluding carboxylic acids is 2. The second kappa shape index (κ2) is 7.75. The summed E-state index contributed by atoms with van der Waals surface area (Å²) in [5.74, 6) is -1.91. The van der Waals surface area contributed by atoms with Gasteiger partial charge < -0.3 is 10.1 Å². The van der Waals surface area contributed by atoms with Crippen LogP contribution in [0.15, 0.2) is 22.7 Å². The van der Waals surface area contributed by atoms with E-state index in [2.05, 4.69) is 27.3 Å². The van der Waals surface area contributed by atoms with Crippen LogP contribution in [0.5, 0.6) is 0 Å². The number of hydrogen-bond acceptors (Lipinski definition) is 4. The average Bonchev–Trinajstić information content (AvgIpc) is 2.57. The summed E-state index contributed by atoms with van der Waals surface area (Å²) in [6.45, 7) is 1.42. The van der Waals surface area contributed by atoms with E-state index in [0.717, 1.165) is 25.3 Å². The summed E-state index contributed by atoms with van der Waals surface area (Å²) < 4.78 is 18.7. The molecule has 1 aliphatic carbocycles. The second-order valence-corrected chi connectivity index (χ2v) is 6.77. The highest BCUT2D eigenvalue weighted by atomic mass is 79.9. The van der Waals surface area contributed by atoms with Gasteiger partial charge in [0.05, 0.1) is 11.6 Å². The molecule has 1 aromatic rings. The molecule has 7 heteroatoms. The molecule has 5 nitrogen and oxygen atoms in total. The molecule has 0 aromatic heterocycles. The van der Waals surface area contributed by atoms with Gasteiger partial charge in [-0.3, -0.25) is 4.79 Å². The number of benzene rings is 1. The third-order valence-electron chi connectivity index (χ3n) is 4.08. The van der Waals surface area contributed by atoms with Gasteiger partial charge in [0, 0.05) is 4.47 Å². The molecular weight excluding hydrogens is 379 g/mol. The van der Waals surface area contributed by atoms with Gasteiger partial charge in [-0.25, -0.2) is 9.18 Å². The van der Waals surface area contributed by atoms with E-state index in [1.807, 2.05) is 0 Å². The highest BCUT2D eigenvalue weighted by Gasteiger charge is 2.35. The Morgan fingerprint density at radius 1 is 1.38 bits per heavy atom. The third kappa shape index (κ3) is 4.32. The van der Waals surface area contributed by atoms with Crippen LogP contribution in [0.1, 0.15) is 49.4 Å². The number of halogens is 2. The number of nitrogens with one attached hydrogen (secondary N) is 1. The molecule has 1 amide bonds. The van der Waals surface area contributed by atoms with Gasteiger partial charge in [-0.2, -0.15) is 5.26 Å². The Morgan fingerprint density at radius 2 is 2.04 bits per heavy atom. The molecule has 0 spiro atoms. The maximum atomic E-state index is 13.3. The normalized spacial score (nSPS) is 17.4. The minimum atomic E-state index is -1.08. The van der Waals surface area contributed by atoms with Crippen LogP contribution in [0.2, 0.25) is 0 Å². The Morgan fingerprint density at radius 3 is 2.67 bits per heavy atom. The first kappa shape index (κ1) is 18.4. The molecular formula is C17H18BrFN2O3. The SMILES string of the molecule is C[C@@H](OC(=O)c1cc(F)ccc1Br)C(=O)NC1(C#N)CCCCC1. The smallest absolute Gasteiger partial charge is 0.340 e. The van der Waals surface area contributed by atoms with Crippen LogP contribution >= 0.6 is 15.9 Å².